The number of para-hydroxylation sites is 1. The summed E-state index contributed by atoms with van der Waals surface area (Å²) in [5.74, 6) is 0.621. The number of nitrogens with zero attached hydrogens (tertiary/aromatic N) is 3. The number of rotatable bonds is 3. The number of fused-ring (bicyclic) bond motifs is 2. The molecule has 0 saturated carbocycles. The first kappa shape index (κ1) is 18.8. The molecular weight excluding hydrogens is 398 g/mol. The number of benzene rings is 1. The molecule has 0 aliphatic carbocycles. The maximum absolute atomic E-state index is 13.9. The van der Waals surface area contributed by atoms with Crippen molar-refractivity contribution in [2.24, 2.45) is 0 Å². The number of amides is 1. The molecule has 7 heteroatoms. The topological polar surface area (TPSA) is 68.5 Å². The van der Waals surface area contributed by atoms with E-state index >= 15 is 0 Å². The Labute approximate surface area is 178 Å². The number of aromatic nitrogens is 2. The average molecular weight is 420 g/mol. The van der Waals surface area contributed by atoms with Gasteiger partial charge in [-0.3, -0.25) is 4.79 Å². The number of hydrogen-bond donors (Lipinski definition) is 0. The van der Waals surface area contributed by atoms with Crippen molar-refractivity contribution >= 4 is 34.0 Å². The summed E-state index contributed by atoms with van der Waals surface area (Å²) in [6, 6.07) is 11.9. The highest BCUT2D eigenvalue weighted by molar-refractivity contribution is 7.15. The van der Waals surface area contributed by atoms with Crippen LogP contribution in [0.15, 0.2) is 40.9 Å². The van der Waals surface area contributed by atoms with Gasteiger partial charge in [0.25, 0.3) is 11.6 Å². The van der Waals surface area contributed by atoms with Crippen LogP contribution in [0.5, 0.6) is 5.75 Å². The lowest BCUT2D eigenvalue weighted by Crippen LogP contribution is -2.36. The normalized spacial score (nSPS) is 13.5. The van der Waals surface area contributed by atoms with E-state index in [4.69, 9.17) is 9.26 Å². The van der Waals surface area contributed by atoms with Gasteiger partial charge in [0.05, 0.1) is 40.0 Å². The monoisotopic (exact) mass is 419 g/mol. The van der Waals surface area contributed by atoms with Gasteiger partial charge in [0.1, 0.15) is 5.75 Å². The van der Waals surface area contributed by atoms with Crippen LogP contribution in [0.4, 0.5) is 5.69 Å². The predicted molar refractivity (Wildman–Crippen MR) is 118 cm³/mol. The summed E-state index contributed by atoms with van der Waals surface area (Å²) in [5.41, 5.74) is 4.29. The molecule has 0 atom stereocenters. The summed E-state index contributed by atoms with van der Waals surface area (Å²) >= 11 is 1.64. The van der Waals surface area contributed by atoms with Crippen molar-refractivity contribution in [2.45, 2.75) is 26.7 Å². The summed E-state index contributed by atoms with van der Waals surface area (Å²) in [6.07, 6.45) is 1.83. The van der Waals surface area contributed by atoms with Crippen LogP contribution in [0.2, 0.25) is 0 Å². The Kier molecular flexibility index (Phi) is 4.55. The van der Waals surface area contributed by atoms with Gasteiger partial charge in [0.2, 0.25) is 0 Å². The lowest BCUT2D eigenvalue weighted by molar-refractivity contribution is 0.0986. The van der Waals surface area contributed by atoms with Gasteiger partial charge in [-0.05, 0) is 56.5 Å². The predicted octanol–water partition coefficient (Wildman–Crippen LogP) is 5.17. The van der Waals surface area contributed by atoms with Crippen molar-refractivity contribution in [3.05, 3.63) is 58.1 Å². The lowest BCUT2D eigenvalue weighted by Gasteiger charge is -2.31. The fourth-order valence-electron chi connectivity index (χ4n) is 4.09. The zero-order valence-corrected chi connectivity index (χ0v) is 17.9. The zero-order chi connectivity index (χ0) is 20.8. The standard InChI is InChI=1S/C23H21N3O3S/c1-13-9-10-19(30-13)17-12-16(20-14(2)25-29-22(20)24-17)23(27)26-11-5-7-15-6-4-8-18(28-3)21(15)26/h4,6,8-10,12H,5,7,11H2,1-3H3. The molecule has 0 radical (unpaired) electrons. The number of hydrogen-bond acceptors (Lipinski definition) is 6. The Morgan fingerprint density at radius 2 is 2.10 bits per heavy atom. The number of ether oxygens (including phenoxy) is 1. The van der Waals surface area contributed by atoms with Gasteiger partial charge in [-0.25, -0.2) is 4.98 Å². The van der Waals surface area contributed by atoms with Crippen molar-refractivity contribution in [1.82, 2.24) is 10.1 Å². The van der Waals surface area contributed by atoms with E-state index in [1.807, 2.05) is 49.1 Å². The number of methoxy groups -OCH3 is 1. The van der Waals surface area contributed by atoms with Gasteiger partial charge in [0.15, 0.2) is 0 Å². The molecule has 1 aliphatic heterocycles. The molecule has 5 rings (SSSR count). The minimum Gasteiger partial charge on any atom is -0.495 e. The molecule has 1 aliphatic rings. The number of anilines is 1. The summed E-state index contributed by atoms with van der Waals surface area (Å²) < 4.78 is 11.0. The molecule has 1 amide bonds. The summed E-state index contributed by atoms with van der Waals surface area (Å²) in [4.78, 5) is 22.5. The SMILES string of the molecule is COc1cccc2c1N(C(=O)c1cc(-c3ccc(C)s3)nc3onc(C)c13)CCC2. The number of pyridine rings is 1. The highest BCUT2D eigenvalue weighted by atomic mass is 32.1. The van der Waals surface area contributed by atoms with Crippen LogP contribution < -0.4 is 9.64 Å². The molecule has 0 spiro atoms. The summed E-state index contributed by atoms with van der Waals surface area (Å²) in [6.45, 7) is 4.52. The highest BCUT2D eigenvalue weighted by Gasteiger charge is 2.30. The fourth-order valence-corrected chi connectivity index (χ4v) is 4.92. The Morgan fingerprint density at radius 3 is 2.87 bits per heavy atom. The minimum absolute atomic E-state index is 0.0892. The third-order valence-electron chi connectivity index (χ3n) is 5.49. The maximum Gasteiger partial charge on any atom is 0.259 e. The number of carbonyl (C=O) groups excluding carboxylic acids is 1. The Bertz CT molecular complexity index is 1260. The van der Waals surface area contributed by atoms with Crippen molar-refractivity contribution < 1.29 is 14.1 Å². The molecule has 0 saturated heterocycles. The largest absolute Gasteiger partial charge is 0.495 e. The van der Waals surface area contributed by atoms with Gasteiger partial charge in [0, 0.05) is 11.4 Å². The minimum atomic E-state index is -0.0892. The van der Waals surface area contributed by atoms with E-state index < -0.39 is 0 Å². The first-order valence-electron chi connectivity index (χ1n) is 9.88. The molecule has 152 valence electrons. The molecular formula is C23H21N3O3S. The van der Waals surface area contributed by atoms with E-state index in [2.05, 4.69) is 16.2 Å². The first-order valence-corrected chi connectivity index (χ1v) is 10.7. The van der Waals surface area contributed by atoms with Crippen molar-refractivity contribution in [3.63, 3.8) is 0 Å². The molecule has 0 unspecified atom stereocenters. The lowest BCUT2D eigenvalue weighted by atomic mass is 9.99. The zero-order valence-electron chi connectivity index (χ0n) is 17.1. The third-order valence-corrected chi connectivity index (χ3v) is 6.51. The van der Waals surface area contributed by atoms with E-state index in [0.717, 1.165) is 34.7 Å². The Balaban J connectivity index is 1.69. The number of carbonyl (C=O) groups is 1. The van der Waals surface area contributed by atoms with Gasteiger partial charge in [-0.2, -0.15) is 0 Å². The average Bonchev–Trinajstić information content (AvgIpc) is 3.37. The van der Waals surface area contributed by atoms with Crippen LogP contribution in [0, 0.1) is 13.8 Å². The molecule has 6 nitrogen and oxygen atoms in total. The smallest absolute Gasteiger partial charge is 0.259 e. The van der Waals surface area contributed by atoms with E-state index in [1.54, 1.807) is 18.4 Å². The summed E-state index contributed by atoms with van der Waals surface area (Å²) in [5, 5.41) is 4.74. The first-order chi connectivity index (χ1) is 14.6. The second-order valence-corrected chi connectivity index (χ2v) is 8.73. The van der Waals surface area contributed by atoms with E-state index in [0.29, 0.717) is 34.7 Å². The van der Waals surface area contributed by atoms with Crippen LogP contribution in [-0.2, 0) is 6.42 Å². The number of thiophene rings is 1. The van der Waals surface area contributed by atoms with Crippen LogP contribution >= 0.6 is 11.3 Å². The molecule has 30 heavy (non-hydrogen) atoms. The van der Waals surface area contributed by atoms with E-state index in [1.165, 1.54) is 4.88 Å². The van der Waals surface area contributed by atoms with Gasteiger partial charge in [-0.1, -0.05) is 17.3 Å². The fraction of sp³-hybridized carbons (Fsp3) is 0.261. The Hall–Kier alpha value is -3.19. The van der Waals surface area contributed by atoms with Gasteiger partial charge in [-0.15, -0.1) is 11.3 Å². The second kappa shape index (κ2) is 7.25. The van der Waals surface area contributed by atoms with Crippen molar-refractivity contribution in [1.29, 1.82) is 0 Å². The van der Waals surface area contributed by atoms with Crippen LogP contribution in [-0.4, -0.2) is 29.7 Å². The van der Waals surface area contributed by atoms with Crippen molar-refractivity contribution in [2.75, 3.05) is 18.6 Å². The molecule has 0 fully saturated rings. The third kappa shape index (κ3) is 2.97. The maximum atomic E-state index is 13.9. The van der Waals surface area contributed by atoms with Crippen LogP contribution in [0.3, 0.4) is 0 Å². The van der Waals surface area contributed by atoms with Gasteiger partial charge < -0.3 is 14.2 Å². The second-order valence-electron chi connectivity index (χ2n) is 7.44. The molecule has 0 N–H and O–H groups in total. The van der Waals surface area contributed by atoms with E-state index in [-0.39, 0.29) is 5.91 Å². The highest BCUT2D eigenvalue weighted by Crippen LogP contribution is 2.38. The van der Waals surface area contributed by atoms with Crippen LogP contribution in [0.25, 0.3) is 21.7 Å². The van der Waals surface area contributed by atoms with Gasteiger partial charge >= 0.3 is 0 Å². The van der Waals surface area contributed by atoms with E-state index in [9.17, 15) is 4.79 Å². The molecule has 1 aromatic carbocycles. The molecule has 4 aromatic rings. The van der Waals surface area contributed by atoms with Crippen LogP contribution in [0.1, 0.15) is 32.9 Å². The summed E-state index contributed by atoms with van der Waals surface area (Å²) in [7, 11) is 1.64. The van der Waals surface area contributed by atoms with Crippen molar-refractivity contribution in [3.8, 4) is 16.3 Å². The molecule has 4 heterocycles. The quantitative estimate of drug-likeness (QED) is 0.458. The molecule has 3 aromatic heterocycles. The number of aryl methyl sites for hydroxylation is 3. The Morgan fingerprint density at radius 1 is 1.23 bits per heavy atom. The molecule has 0 bridgehead atoms.